The van der Waals surface area contributed by atoms with Gasteiger partial charge in [-0.2, -0.15) is 0 Å². The van der Waals surface area contributed by atoms with Crippen LogP contribution in [0.25, 0.3) is 0 Å². The van der Waals surface area contributed by atoms with Crippen molar-refractivity contribution in [1.29, 1.82) is 0 Å². The third kappa shape index (κ3) is 1.54. The van der Waals surface area contributed by atoms with Crippen molar-refractivity contribution in [2.75, 3.05) is 0 Å². The van der Waals surface area contributed by atoms with E-state index >= 15 is 0 Å². The van der Waals surface area contributed by atoms with Crippen molar-refractivity contribution < 1.29 is 19.8 Å². The van der Waals surface area contributed by atoms with Crippen LogP contribution in [-0.4, -0.2) is 27.6 Å². The fourth-order valence-corrected chi connectivity index (χ4v) is 1.97. The molecule has 0 bridgehead atoms. The Hall–Kier alpha value is -0.900. The average Bonchev–Trinajstić information content (AvgIpc) is 2.49. The predicted octanol–water partition coefficient (Wildman–Crippen LogP) is 0.683. The molecule has 1 aliphatic rings. The minimum atomic E-state index is -1.44. The summed E-state index contributed by atoms with van der Waals surface area (Å²) >= 11 is 0. The van der Waals surface area contributed by atoms with Gasteiger partial charge >= 0.3 is 5.97 Å². The topological polar surface area (TPSA) is 74.6 Å². The molecule has 0 aromatic heterocycles. The van der Waals surface area contributed by atoms with Gasteiger partial charge in [0.2, 0.25) is 0 Å². The lowest BCUT2D eigenvalue weighted by atomic mass is 9.95. The maximum Gasteiger partial charge on any atom is 0.307 e. The minimum absolute atomic E-state index is 0.380. The largest absolute Gasteiger partial charge is 0.481 e. The van der Waals surface area contributed by atoms with Gasteiger partial charge in [-0.25, -0.2) is 0 Å². The maximum atomic E-state index is 11.6. The standard InChI is InChI=1S/C10H16O4/c1-9(2)5(6(9)8(12)13)7(11)10(3,4)14/h5-6,14H,1-4H3,(H,12,13)/t5-,6+/m1/s1. The molecule has 0 aromatic carbocycles. The minimum Gasteiger partial charge on any atom is -0.481 e. The number of carboxylic acids is 1. The van der Waals surface area contributed by atoms with Gasteiger partial charge in [-0.3, -0.25) is 9.59 Å². The number of carbonyl (C=O) groups excluding carboxylic acids is 1. The molecule has 0 amide bonds. The summed E-state index contributed by atoms with van der Waals surface area (Å²) in [7, 11) is 0. The van der Waals surface area contributed by atoms with Gasteiger partial charge in [0.05, 0.1) is 5.92 Å². The molecule has 1 saturated carbocycles. The highest BCUT2D eigenvalue weighted by Gasteiger charge is 2.67. The lowest BCUT2D eigenvalue weighted by molar-refractivity contribution is -0.142. The zero-order valence-electron chi connectivity index (χ0n) is 8.87. The highest BCUT2D eigenvalue weighted by atomic mass is 16.4. The van der Waals surface area contributed by atoms with Crippen LogP contribution in [0.1, 0.15) is 27.7 Å². The van der Waals surface area contributed by atoms with Crippen LogP contribution in [0.15, 0.2) is 0 Å². The van der Waals surface area contributed by atoms with Gasteiger partial charge in [-0.05, 0) is 19.3 Å². The number of Topliss-reactive ketones (excluding diaryl/α,β-unsaturated/α-hetero) is 1. The molecule has 14 heavy (non-hydrogen) atoms. The molecule has 4 nitrogen and oxygen atoms in total. The Balaban J connectivity index is 2.85. The second kappa shape index (κ2) is 2.79. The number of aliphatic carboxylic acids is 1. The zero-order chi connectivity index (χ0) is 11.3. The maximum absolute atomic E-state index is 11.6. The fourth-order valence-electron chi connectivity index (χ4n) is 1.97. The van der Waals surface area contributed by atoms with Crippen LogP contribution >= 0.6 is 0 Å². The Morgan fingerprint density at radius 2 is 1.64 bits per heavy atom. The molecule has 0 spiro atoms. The number of hydrogen-bond acceptors (Lipinski definition) is 3. The highest BCUT2D eigenvalue weighted by Crippen LogP contribution is 2.59. The summed E-state index contributed by atoms with van der Waals surface area (Å²) in [5.41, 5.74) is -1.96. The molecule has 0 aromatic rings. The molecule has 1 rings (SSSR count). The van der Waals surface area contributed by atoms with Crippen LogP contribution in [-0.2, 0) is 9.59 Å². The highest BCUT2D eigenvalue weighted by molar-refractivity contribution is 5.97. The van der Waals surface area contributed by atoms with Crippen molar-refractivity contribution in [3.63, 3.8) is 0 Å². The number of aliphatic hydroxyl groups is 1. The molecule has 1 aliphatic carbocycles. The number of carboxylic acid groups (broad SMARTS) is 1. The summed E-state index contributed by atoms with van der Waals surface area (Å²) in [6.07, 6.45) is 0. The number of carbonyl (C=O) groups is 2. The van der Waals surface area contributed by atoms with Gasteiger partial charge in [0.25, 0.3) is 0 Å². The van der Waals surface area contributed by atoms with Gasteiger partial charge in [0.15, 0.2) is 5.78 Å². The van der Waals surface area contributed by atoms with E-state index in [2.05, 4.69) is 0 Å². The van der Waals surface area contributed by atoms with Gasteiger partial charge in [0.1, 0.15) is 5.60 Å². The summed E-state index contributed by atoms with van der Waals surface area (Å²) in [6.45, 7) is 6.26. The predicted molar refractivity (Wildman–Crippen MR) is 49.7 cm³/mol. The first-order chi connectivity index (χ1) is 6.10. The Bertz CT molecular complexity index is 285. The lowest BCUT2D eigenvalue weighted by Crippen LogP contribution is -2.34. The molecule has 0 radical (unpaired) electrons. The number of hydrogen-bond donors (Lipinski definition) is 2. The van der Waals surface area contributed by atoms with Gasteiger partial charge in [-0.15, -0.1) is 0 Å². The lowest BCUT2D eigenvalue weighted by Gasteiger charge is -2.15. The molecule has 0 saturated heterocycles. The van der Waals surface area contributed by atoms with Crippen LogP contribution in [0.4, 0.5) is 0 Å². The molecule has 0 unspecified atom stereocenters. The SMILES string of the molecule is CC(C)(O)C(=O)[C@H]1[C@@H](C(=O)O)C1(C)C. The molecule has 1 fully saturated rings. The first-order valence-electron chi connectivity index (χ1n) is 4.59. The van der Waals surface area contributed by atoms with Crippen LogP contribution in [0.5, 0.6) is 0 Å². The molecule has 2 atom stereocenters. The number of rotatable bonds is 3. The fraction of sp³-hybridized carbons (Fsp3) is 0.800. The van der Waals surface area contributed by atoms with E-state index in [0.29, 0.717) is 0 Å². The summed E-state index contributed by atoms with van der Waals surface area (Å²) in [4.78, 5) is 22.4. The third-order valence-corrected chi connectivity index (χ3v) is 2.98. The van der Waals surface area contributed by atoms with Gasteiger partial charge in [-0.1, -0.05) is 13.8 Å². The van der Waals surface area contributed by atoms with E-state index < -0.39 is 28.8 Å². The Kier molecular flexibility index (Phi) is 2.23. The van der Waals surface area contributed by atoms with E-state index in [0.717, 1.165) is 0 Å². The Morgan fingerprint density at radius 3 is 1.86 bits per heavy atom. The first kappa shape index (κ1) is 11.2. The average molecular weight is 200 g/mol. The van der Waals surface area contributed by atoms with E-state index in [-0.39, 0.29) is 5.78 Å². The smallest absolute Gasteiger partial charge is 0.307 e. The summed E-state index contributed by atoms with van der Waals surface area (Å²) in [5.74, 6) is -2.55. The molecule has 0 heterocycles. The summed E-state index contributed by atoms with van der Waals surface area (Å²) in [6, 6.07) is 0. The van der Waals surface area contributed by atoms with Crippen LogP contribution in [0.2, 0.25) is 0 Å². The van der Waals surface area contributed by atoms with Crippen molar-refractivity contribution in [1.82, 2.24) is 0 Å². The molecule has 80 valence electrons. The summed E-state index contributed by atoms with van der Waals surface area (Å²) < 4.78 is 0. The van der Waals surface area contributed by atoms with Gasteiger partial charge in [0, 0.05) is 5.92 Å². The van der Waals surface area contributed by atoms with Crippen molar-refractivity contribution in [3.05, 3.63) is 0 Å². The second-order valence-electron chi connectivity index (χ2n) is 5.04. The van der Waals surface area contributed by atoms with E-state index in [1.807, 2.05) is 0 Å². The third-order valence-electron chi connectivity index (χ3n) is 2.98. The first-order valence-corrected chi connectivity index (χ1v) is 4.59. The quantitative estimate of drug-likeness (QED) is 0.702. The Labute approximate surface area is 82.9 Å². The van der Waals surface area contributed by atoms with E-state index in [9.17, 15) is 14.7 Å². The van der Waals surface area contributed by atoms with E-state index in [4.69, 9.17) is 5.11 Å². The molecule has 0 aliphatic heterocycles. The molecule has 2 N–H and O–H groups in total. The zero-order valence-corrected chi connectivity index (χ0v) is 8.87. The number of ketones is 1. The van der Waals surface area contributed by atoms with Gasteiger partial charge < -0.3 is 10.2 Å². The molecule has 4 heteroatoms. The molecular weight excluding hydrogens is 184 g/mol. The Morgan fingerprint density at radius 1 is 1.21 bits per heavy atom. The van der Waals surface area contributed by atoms with Crippen molar-refractivity contribution >= 4 is 11.8 Å². The van der Waals surface area contributed by atoms with Crippen molar-refractivity contribution in [2.24, 2.45) is 17.3 Å². The normalized spacial score (nSPS) is 29.8. The summed E-state index contributed by atoms with van der Waals surface area (Å²) in [5, 5.41) is 18.3. The second-order valence-corrected chi connectivity index (χ2v) is 5.04. The monoisotopic (exact) mass is 200 g/mol. The van der Waals surface area contributed by atoms with Crippen molar-refractivity contribution in [3.8, 4) is 0 Å². The van der Waals surface area contributed by atoms with Crippen LogP contribution in [0, 0.1) is 17.3 Å². The molecular formula is C10H16O4. The van der Waals surface area contributed by atoms with E-state index in [1.54, 1.807) is 13.8 Å². The van der Waals surface area contributed by atoms with Crippen molar-refractivity contribution in [2.45, 2.75) is 33.3 Å². The van der Waals surface area contributed by atoms with Crippen LogP contribution in [0.3, 0.4) is 0 Å². The van der Waals surface area contributed by atoms with Crippen LogP contribution < -0.4 is 0 Å². The van der Waals surface area contributed by atoms with E-state index in [1.165, 1.54) is 13.8 Å².